The Balaban J connectivity index is 1.95. The van der Waals surface area contributed by atoms with E-state index in [1.165, 1.54) is 39.7 Å². The van der Waals surface area contributed by atoms with Gasteiger partial charge in [0.15, 0.2) is 0 Å². The predicted molar refractivity (Wildman–Crippen MR) is 129 cm³/mol. The molecular formula is C27H31N3. The SMILES string of the molecule is C=C(CC(C)(NC)c1cccc(-c2cccc(-c3ccc(C)cc3)c2)c1)N(C)C=N. The van der Waals surface area contributed by atoms with Gasteiger partial charge in [0, 0.05) is 24.7 Å². The Bertz CT molecular complexity index is 1040. The Labute approximate surface area is 180 Å². The number of rotatable bonds is 8. The normalized spacial score (nSPS) is 12.8. The van der Waals surface area contributed by atoms with Crippen molar-refractivity contribution in [1.29, 1.82) is 5.41 Å². The van der Waals surface area contributed by atoms with Crippen molar-refractivity contribution in [3.8, 4) is 22.3 Å². The van der Waals surface area contributed by atoms with Gasteiger partial charge in [-0.05, 0) is 60.8 Å². The van der Waals surface area contributed by atoms with Crippen molar-refractivity contribution in [3.63, 3.8) is 0 Å². The van der Waals surface area contributed by atoms with Crippen molar-refractivity contribution in [3.05, 3.63) is 96.2 Å². The monoisotopic (exact) mass is 397 g/mol. The molecule has 0 aliphatic rings. The van der Waals surface area contributed by atoms with E-state index in [-0.39, 0.29) is 5.54 Å². The molecule has 1 unspecified atom stereocenters. The van der Waals surface area contributed by atoms with Crippen LogP contribution in [0, 0.1) is 12.3 Å². The van der Waals surface area contributed by atoms with E-state index >= 15 is 0 Å². The van der Waals surface area contributed by atoms with Crippen LogP contribution in [0.5, 0.6) is 0 Å². The van der Waals surface area contributed by atoms with Gasteiger partial charge < -0.3 is 10.2 Å². The third-order valence-electron chi connectivity index (χ3n) is 5.88. The van der Waals surface area contributed by atoms with Crippen LogP contribution in [0.2, 0.25) is 0 Å². The minimum absolute atomic E-state index is 0.279. The van der Waals surface area contributed by atoms with E-state index in [0.717, 1.165) is 5.70 Å². The third kappa shape index (κ3) is 4.69. The molecule has 0 spiro atoms. The molecule has 0 aromatic heterocycles. The number of aryl methyl sites for hydroxylation is 1. The summed E-state index contributed by atoms with van der Waals surface area (Å²) in [7, 11) is 3.83. The van der Waals surface area contributed by atoms with Crippen LogP contribution >= 0.6 is 0 Å². The molecular weight excluding hydrogens is 366 g/mol. The average molecular weight is 398 g/mol. The molecule has 3 heteroatoms. The topological polar surface area (TPSA) is 39.1 Å². The summed E-state index contributed by atoms with van der Waals surface area (Å²) >= 11 is 0. The molecule has 0 aliphatic carbocycles. The molecule has 30 heavy (non-hydrogen) atoms. The Hall–Kier alpha value is -3.17. The second kappa shape index (κ2) is 9.10. The fraction of sp³-hybridized carbons (Fsp3) is 0.222. The lowest BCUT2D eigenvalue weighted by Crippen LogP contribution is -2.38. The standard InChI is InChI=1S/C27H31N3/c1-20-12-14-22(15-13-20)23-8-6-9-24(16-23)25-10-7-11-26(17-25)27(3,29-4)18-21(2)30(5)19-28/h6-17,19,28-29H,2,18H2,1,3-5H3. The van der Waals surface area contributed by atoms with Gasteiger partial charge in [0.05, 0.1) is 6.34 Å². The van der Waals surface area contributed by atoms with E-state index in [2.05, 4.69) is 98.5 Å². The molecule has 0 aliphatic heterocycles. The summed E-state index contributed by atoms with van der Waals surface area (Å²) in [5.74, 6) is 0. The van der Waals surface area contributed by atoms with Gasteiger partial charge >= 0.3 is 0 Å². The highest BCUT2D eigenvalue weighted by Gasteiger charge is 2.26. The first-order valence-corrected chi connectivity index (χ1v) is 10.2. The first-order valence-electron chi connectivity index (χ1n) is 10.2. The van der Waals surface area contributed by atoms with E-state index < -0.39 is 0 Å². The van der Waals surface area contributed by atoms with Gasteiger partial charge in [-0.3, -0.25) is 5.41 Å². The van der Waals surface area contributed by atoms with E-state index in [1.54, 1.807) is 4.90 Å². The summed E-state index contributed by atoms with van der Waals surface area (Å²) in [5, 5.41) is 10.9. The Morgan fingerprint density at radius 1 is 0.967 bits per heavy atom. The Morgan fingerprint density at radius 2 is 1.53 bits per heavy atom. The van der Waals surface area contributed by atoms with Crippen LogP contribution in [0.25, 0.3) is 22.3 Å². The molecule has 0 amide bonds. The molecule has 2 N–H and O–H groups in total. The van der Waals surface area contributed by atoms with E-state index in [4.69, 9.17) is 5.41 Å². The number of nitrogens with one attached hydrogen (secondary N) is 2. The molecule has 0 bridgehead atoms. The van der Waals surface area contributed by atoms with Gasteiger partial charge in [-0.25, -0.2) is 0 Å². The molecule has 3 rings (SSSR count). The third-order valence-corrected chi connectivity index (χ3v) is 5.88. The molecule has 3 aromatic carbocycles. The van der Waals surface area contributed by atoms with E-state index in [0.29, 0.717) is 6.42 Å². The maximum Gasteiger partial charge on any atom is 0.0856 e. The van der Waals surface area contributed by atoms with Crippen LogP contribution in [-0.4, -0.2) is 25.3 Å². The maximum absolute atomic E-state index is 7.48. The van der Waals surface area contributed by atoms with Crippen molar-refractivity contribution in [2.24, 2.45) is 0 Å². The molecule has 0 saturated carbocycles. The molecule has 1 atom stereocenters. The maximum atomic E-state index is 7.48. The molecule has 3 aromatic rings. The van der Waals surface area contributed by atoms with Gasteiger partial charge in [0.25, 0.3) is 0 Å². The first-order chi connectivity index (χ1) is 14.4. The quantitative estimate of drug-likeness (QED) is 0.350. The van der Waals surface area contributed by atoms with Gasteiger partial charge in [-0.15, -0.1) is 0 Å². The Morgan fingerprint density at radius 3 is 2.13 bits per heavy atom. The predicted octanol–water partition coefficient (Wildman–Crippen LogP) is 6.21. The summed E-state index contributed by atoms with van der Waals surface area (Å²) in [5.41, 5.74) is 7.91. The second-order valence-corrected chi connectivity index (χ2v) is 8.09. The number of hydrogen-bond acceptors (Lipinski definition) is 2. The fourth-order valence-electron chi connectivity index (χ4n) is 3.63. The summed E-state index contributed by atoms with van der Waals surface area (Å²) in [4.78, 5) is 1.75. The second-order valence-electron chi connectivity index (χ2n) is 8.09. The van der Waals surface area contributed by atoms with E-state index in [1.807, 2.05) is 14.1 Å². The summed E-state index contributed by atoms with van der Waals surface area (Å²) in [6.45, 7) is 8.44. The van der Waals surface area contributed by atoms with Crippen molar-refractivity contribution in [2.75, 3.05) is 14.1 Å². The highest BCUT2D eigenvalue weighted by Crippen LogP contribution is 2.32. The molecule has 3 nitrogen and oxygen atoms in total. The largest absolute Gasteiger partial charge is 0.340 e. The highest BCUT2D eigenvalue weighted by atomic mass is 15.1. The molecule has 0 fully saturated rings. The van der Waals surface area contributed by atoms with Crippen LogP contribution in [0.15, 0.2) is 85.1 Å². The number of hydrogen-bond donors (Lipinski definition) is 2. The molecule has 154 valence electrons. The van der Waals surface area contributed by atoms with Gasteiger partial charge in [-0.1, -0.05) is 72.8 Å². The molecule has 0 heterocycles. The fourth-order valence-corrected chi connectivity index (χ4v) is 3.63. The smallest absolute Gasteiger partial charge is 0.0856 e. The van der Waals surface area contributed by atoms with Crippen LogP contribution in [0.3, 0.4) is 0 Å². The van der Waals surface area contributed by atoms with E-state index in [9.17, 15) is 0 Å². The first kappa shape index (κ1) is 21.5. The van der Waals surface area contributed by atoms with Crippen LogP contribution in [0.1, 0.15) is 24.5 Å². The van der Waals surface area contributed by atoms with Crippen molar-refractivity contribution >= 4 is 6.34 Å². The van der Waals surface area contributed by atoms with Crippen LogP contribution < -0.4 is 5.32 Å². The number of benzene rings is 3. The van der Waals surface area contributed by atoms with Crippen LogP contribution in [0.4, 0.5) is 0 Å². The van der Waals surface area contributed by atoms with Gasteiger partial charge in [0.1, 0.15) is 0 Å². The van der Waals surface area contributed by atoms with Crippen molar-refractivity contribution in [2.45, 2.75) is 25.8 Å². The summed E-state index contributed by atoms with van der Waals surface area (Å²) in [6.07, 6.45) is 2.01. The Kier molecular flexibility index (Phi) is 6.53. The minimum atomic E-state index is -0.279. The lowest BCUT2D eigenvalue weighted by atomic mass is 9.85. The lowest BCUT2D eigenvalue weighted by Gasteiger charge is -2.33. The zero-order chi connectivity index (χ0) is 21.7. The minimum Gasteiger partial charge on any atom is -0.340 e. The summed E-state index contributed by atoms with van der Waals surface area (Å²) in [6, 6.07) is 26.0. The molecule has 0 radical (unpaired) electrons. The van der Waals surface area contributed by atoms with Crippen molar-refractivity contribution < 1.29 is 0 Å². The summed E-state index contributed by atoms with van der Waals surface area (Å²) < 4.78 is 0. The van der Waals surface area contributed by atoms with Gasteiger partial charge in [0.2, 0.25) is 0 Å². The van der Waals surface area contributed by atoms with Gasteiger partial charge in [-0.2, -0.15) is 0 Å². The average Bonchev–Trinajstić information content (AvgIpc) is 2.79. The zero-order valence-corrected chi connectivity index (χ0v) is 18.4. The molecule has 0 saturated heterocycles. The number of nitrogens with zero attached hydrogens (tertiary/aromatic N) is 1. The lowest BCUT2D eigenvalue weighted by molar-refractivity contribution is 0.370. The van der Waals surface area contributed by atoms with Crippen LogP contribution in [-0.2, 0) is 5.54 Å². The van der Waals surface area contributed by atoms with Crippen molar-refractivity contribution in [1.82, 2.24) is 10.2 Å². The zero-order valence-electron chi connectivity index (χ0n) is 18.4. The highest BCUT2D eigenvalue weighted by molar-refractivity contribution is 5.73.